The number of fused-ring (bicyclic) bond motifs is 1. The van der Waals surface area contributed by atoms with E-state index in [2.05, 4.69) is 4.98 Å². The maximum absolute atomic E-state index is 11.3. The first-order valence-electron chi connectivity index (χ1n) is 4.16. The molecule has 3 N–H and O–H groups in total. The molecule has 4 nitrogen and oxygen atoms in total. The number of H-pyrrole nitrogens is 1. The van der Waals surface area contributed by atoms with Gasteiger partial charge in [-0.25, -0.2) is 0 Å². The van der Waals surface area contributed by atoms with Gasteiger partial charge < -0.3 is 15.0 Å². The second-order valence-electron chi connectivity index (χ2n) is 3.02. The zero-order valence-electron chi connectivity index (χ0n) is 7.27. The molecule has 1 aromatic carbocycles. The molecular weight excluding hydrogens is 181 g/mol. The van der Waals surface area contributed by atoms with Crippen LogP contribution in [0.2, 0.25) is 0 Å². The van der Waals surface area contributed by atoms with E-state index in [1.54, 1.807) is 12.1 Å². The van der Waals surface area contributed by atoms with E-state index in [0.717, 1.165) is 0 Å². The summed E-state index contributed by atoms with van der Waals surface area (Å²) in [5.41, 5.74) is 0.875. The first kappa shape index (κ1) is 8.99. The number of benzene rings is 1. The summed E-state index contributed by atoms with van der Waals surface area (Å²) in [5.74, 6) is 0. The van der Waals surface area contributed by atoms with Gasteiger partial charge in [0.05, 0.1) is 0 Å². The van der Waals surface area contributed by atoms with Gasteiger partial charge >= 0.3 is 7.12 Å². The Morgan fingerprint density at radius 1 is 1.21 bits per heavy atom. The molecule has 5 heteroatoms. The van der Waals surface area contributed by atoms with Crippen molar-refractivity contribution in [2.24, 2.45) is 0 Å². The summed E-state index contributed by atoms with van der Waals surface area (Å²) in [4.78, 5) is 14.2. The van der Waals surface area contributed by atoms with Crippen molar-refractivity contribution >= 4 is 23.5 Å². The van der Waals surface area contributed by atoms with Crippen molar-refractivity contribution < 1.29 is 10.0 Å². The molecular formula is C9H8BNO3. The van der Waals surface area contributed by atoms with Gasteiger partial charge in [-0.1, -0.05) is 6.07 Å². The average molecular weight is 189 g/mol. The maximum Gasteiger partial charge on any atom is 0.488 e. The van der Waals surface area contributed by atoms with Crippen LogP contribution in [0, 0.1) is 0 Å². The number of hydrogen-bond donors (Lipinski definition) is 3. The van der Waals surface area contributed by atoms with E-state index >= 15 is 0 Å². The van der Waals surface area contributed by atoms with Gasteiger partial charge in [0.25, 0.3) is 0 Å². The fraction of sp³-hybridized carbons (Fsp3) is 0. The summed E-state index contributed by atoms with van der Waals surface area (Å²) < 4.78 is 0. The maximum atomic E-state index is 11.3. The van der Waals surface area contributed by atoms with Gasteiger partial charge in [-0.15, -0.1) is 0 Å². The normalized spacial score (nSPS) is 10.4. The lowest BCUT2D eigenvalue weighted by Gasteiger charge is -2.01. The second-order valence-corrected chi connectivity index (χ2v) is 3.02. The highest BCUT2D eigenvalue weighted by atomic mass is 16.4. The smallest absolute Gasteiger partial charge is 0.423 e. The van der Waals surface area contributed by atoms with E-state index < -0.39 is 7.12 Å². The number of aromatic amines is 1. The zero-order chi connectivity index (χ0) is 10.1. The van der Waals surface area contributed by atoms with Crippen molar-refractivity contribution in [3.05, 3.63) is 40.7 Å². The van der Waals surface area contributed by atoms with Crippen LogP contribution in [0.4, 0.5) is 0 Å². The van der Waals surface area contributed by atoms with E-state index in [1.807, 2.05) is 0 Å². The molecule has 0 saturated carbocycles. The summed E-state index contributed by atoms with van der Waals surface area (Å²) in [7, 11) is -1.51. The van der Waals surface area contributed by atoms with Gasteiger partial charge in [0.15, 0.2) is 5.43 Å². The molecule has 0 saturated heterocycles. The van der Waals surface area contributed by atoms with Crippen LogP contribution in [0.5, 0.6) is 0 Å². The van der Waals surface area contributed by atoms with E-state index in [1.165, 1.54) is 18.3 Å². The van der Waals surface area contributed by atoms with Gasteiger partial charge in [0.1, 0.15) is 0 Å². The average Bonchev–Trinajstić information content (AvgIpc) is 2.17. The SMILES string of the molecule is O=c1cc[nH]c2cc(B(O)O)ccc12. The first-order chi connectivity index (χ1) is 6.68. The molecule has 1 heterocycles. The Balaban J connectivity index is 2.74. The van der Waals surface area contributed by atoms with E-state index in [0.29, 0.717) is 16.4 Å². The third-order valence-corrected chi connectivity index (χ3v) is 2.08. The topological polar surface area (TPSA) is 73.3 Å². The van der Waals surface area contributed by atoms with E-state index in [9.17, 15) is 4.79 Å². The summed E-state index contributed by atoms with van der Waals surface area (Å²) in [6, 6.07) is 6.06. The predicted molar refractivity (Wildman–Crippen MR) is 54.4 cm³/mol. The number of rotatable bonds is 1. The van der Waals surface area contributed by atoms with Crippen molar-refractivity contribution in [2.75, 3.05) is 0 Å². The van der Waals surface area contributed by atoms with Crippen LogP contribution in [0.3, 0.4) is 0 Å². The van der Waals surface area contributed by atoms with E-state index in [4.69, 9.17) is 10.0 Å². The Morgan fingerprint density at radius 3 is 2.71 bits per heavy atom. The summed E-state index contributed by atoms with van der Waals surface area (Å²) in [5, 5.41) is 18.4. The van der Waals surface area contributed by atoms with Crippen molar-refractivity contribution in [3.8, 4) is 0 Å². The van der Waals surface area contributed by atoms with Gasteiger partial charge in [0, 0.05) is 23.2 Å². The van der Waals surface area contributed by atoms with Crippen molar-refractivity contribution in [2.45, 2.75) is 0 Å². The molecule has 0 aliphatic carbocycles. The summed E-state index contributed by atoms with van der Waals surface area (Å²) in [6.45, 7) is 0. The monoisotopic (exact) mass is 189 g/mol. The van der Waals surface area contributed by atoms with Gasteiger partial charge in [0.2, 0.25) is 0 Å². The molecule has 0 bridgehead atoms. The van der Waals surface area contributed by atoms with Crippen LogP contribution < -0.4 is 10.9 Å². The molecule has 70 valence electrons. The predicted octanol–water partition coefficient (Wildman–Crippen LogP) is -0.792. The van der Waals surface area contributed by atoms with Crippen LogP contribution in [-0.4, -0.2) is 22.2 Å². The van der Waals surface area contributed by atoms with Crippen molar-refractivity contribution in [1.29, 1.82) is 0 Å². The van der Waals surface area contributed by atoms with Crippen LogP contribution >= 0.6 is 0 Å². The lowest BCUT2D eigenvalue weighted by Crippen LogP contribution is -2.29. The Hall–Kier alpha value is -1.59. The standard InChI is InChI=1S/C9H8BNO3/c12-9-3-4-11-8-5-6(10(13)14)1-2-7(8)9/h1-5,13-14H,(H,11,12). The molecule has 0 unspecified atom stereocenters. The minimum absolute atomic E-state index is 0.0854. The van der Waals surface area contributed by atoms with Crippen molar-refractivity contribution in [1.82, 2.24) is 4.98 Å². The number of aromatic nitrogens is 1. The highest BCUT2D eigenvalue weighted by molar-refractivity contribution is 6.58. The van der Waals surface area contributed by atoms with E-state index in [-0.39, 0.29) is 5.43 Å². The molecule has 0 aliphatic heterocycles. The molecule has 0 atom stereocenters. The van der Waals surface area contributed by atoms with Gasteiger partial charge in [-0.2, -0.15) is 0 Å². The number of nitrogens with one attached hydrogen (secondary N) is 1. The fourth-order valence-corrected chi connectivity index (χ4v) is 1.35. The molecule has 2 aromatic rings. The molecule has 0 amide bonds. The highest BCUT2D eigenvalue weighted by Gasteiger charge is 2.11. The number of hydrogen-bond acceptors (Lipinski definition) is 3. The third kappa shape index (κ3) is 1.43. The lowest BCUT2D eigenvalue weighted by molar-refractivity contribution is 0.426. The minimum Gasteiger partial charge on any atom is -0.423 e. The Kier molecular flexibility index (Phi) is 2.11. The largest absolute Gasteiger partial charge is 0.488 e. The summed E-state index contributed by atoms with van der Waals surface area (Å²) in [6.07, 6.45) is 1.53. The molecule has 0 fully saturated rings. The number of pyridine rings is 1. The highest BCUT2D eigenvalue weighted by Crippen LogP contribution is 2.03. The second kappa shape index (κ2) is 3.28. The molecule has 2 rings (SSSR count). The first-order valence-corrected chi connectivity index (χ1v) is 4.16. The lowest BCUT2D eigenvalue weighted by atomic mass is 9.80. The molecule has 0 radical (unpaired) electrons. The van der Waals surface area contributed by atoms with Gasteiger partial charge in [-0.3, -0.25) is 4.79 Å². The summed E-state index contributed by atoms with van der Waals surface area (Å²) >= 11 is 0. The quantitative estimate of drug-likeness (QED) is 0.514. The van der Waals surface area contributed by atoms with Crippen LogP contribution in [-0.2, 0) is 0 Å². The Labute approximate surface area is 80.0 Å². The molecule has 14 heavy (non-hydrogen) atoms. The van der Waals surface area contributed by atoms with Crippen LogP contribution in [0.25, 0.3) is 10.9 Å². The van der Waals surface area contributed by atoms with Crippen LogP contribution in [0.15, 0.2) is 35.3 Å². The Morgan fingerprint density at radius 2 is 2.00 bits per heavy atom. The third-order valence-electron chi connectivity index (χ3n) is 2.08. The van der Waals surface area contributed by atoms with Crippen molar-refractivity contribution in [3.63, 3.8) is 0 Å². The molecule has 0 spiro atoms. The minimum atomic E-state index is -1.51. The molecule has 0 aliphatic rings. The Bertz CT molecular complexity index is 521. The van der Waals surface area contributed by atoms with Crippen LogP contribution in [0.1, 0.15) is 0 Å². The molecule has 1 aromatic heterocycles. The fourth-order valence-electron chi connectivity index (χ4n) is 1.35. The zero-order valence-corrected chi connectivity index (χ0v) is 7.27. The van der Waals surface area contributed by atoms with Gasteiger partial charge in [-0.05, 0) is 17.6 Å².